The van der Waals surface area contributed by atoms with Crippen molar-refractivity contribution in [1.29, 1.82) is 0 Å². The van der Waals surface area contributed by atoms with Gasteiger partial charge in [-0.15, -0.1) is 11.8 Å². The van der Waals surface area contributed by atoms with Crippen molar-refractivity contribution in [3.8, 4) is 11.4 Å². The molecule has 1 aromatic heterocycles. The fourth-order valence-electron chi connectivity index (χ4n) is 2.09. The van der Waals surface area contributed by atoms with Crippen LogP contribution in [0.5, 0.6) is 0 Å². The number of aromatic nitrogens is 2. The molecule has 6 heteroatoms. The summed E-state index contributed by atoms with van der Waals surface area (Å²) in [5.74, 6) is 0.872. The summed E-state index contributed by atoms with van der Waals surface area (Å²) < 4.78 is 4.96. The standard InChI is InChI=1S/C17H15N3O2S/c1-11-18-16(20-22-11)12-6-8-13(9-7-12)17(21)19-14-4-3-5-15(10-14)23-2/h3-10H,1-2H3,(H,19,21). The van der Waals surface area contributed by atoms with Crippen molar-refractivity contribution in [2.75, 3.05) is 11.6 Å². The molecule has 0 atom stereocenters. The topological polar surface area (TPSA) is 68.0 Å². The van der Waals surface area contributed by atoms with E-state index >= 15 is 0 Å². The number of aryl methyl sites for hydroxylation is 1. The third-order valence-corrected chi connectivity index (χ3v) is 3.99. The first-order chi connectivity index (χ1) is 11.2. The Balaban J connectivity index is 1.75. The average Bonchev–Trinajstić information content (AvgIpc) is 3.01. The zero-order valence-corrected chi connectivity index (χ0v) is 13.6. The van der Waals surface area contributed by atoms with Crippen molar-refractivity contribution in [2.24, 2.45) is 0 Å². The second kappa shape index (κ2) is 6.66. The third-order valence-electron chi connectivity index (χ3n) is 3.26. The van der Waals surface area contributed by atoms with Gasteiger partial charge in [0, 0.05) is 28.6 Å². The Hall–Kier alpha value is -2.60. The molecule has 5 nitrogen and oxygen atoms in total. The summed E-state index contributed by atoms with van der Waals surface area (Å²) in [4.78, 5) is 17.6. The Bertz CT molecular complexity index is 828. The van der Waals surface area contributed by atoms with Crippen LogP contribution in [0.4, 0.5) is 5.69 Å². The molecule has 1 heterocycles. The van der Waals surface area contributed by atoms with E-state index in [1.54, 1.807) is 43.0 Å². The van der Waals surface area contributed by atoms with Gasteiger partial charge in [-0.2, -0.15) is 4.98 Å². The van der Waals surface area contributed by atoms with Gasteiger partial charge in [0.25, 0.3) is 5.91 Å². The SMILES string of the molecule is CSc1cccc(NC(=O)c2ccc(-c3noc(C)n3)cc2)c1. The van der Waals surface area contributed by atoms with Crippen LogP contribution < -0.4 is 5.32 Å². The van der Waals surface area contributed by atoms with Crippen LogP contribution >= 0.6 is 11.8 Å². The molecule has 1 N–H and O–H groups in total. The number of amides is 1. The lowest BCUT2D eigenvalue weighted by molar-refractivity contribution is 0.102. The van der Waals surface area contributed by atoms with E-state index in [4.69, 9.17) is 4.52 Å². The van der Waals surface area contributed by atoms with Gasteiger partial charge in [0.2, 0.25) is 11.7 Å². The minimum atomic E-state index is -0.154. The second-order valence-electron chi connectivity index (χ2n) is 4.90. The normalized spacial score (nSPS) is 10.5. The molecule has 0 saturated heterocycles. The summed E-state index contributed by atoms with van der Waals surface area (Å²) in [6.45, 7) is 1.74. The number of hydrogen-bond acceptors (Lipinski definition) is 5. The van der Waals surface area contributed by atoms with Crippen molar-refractivity contribution in [3.63, 3.8) is 0 Å². The fraction of sp³-hybridized carbons (Fsp3) is 0.118. The lowest BCUT2D eigenvalue weighted by Crippen LogP contribution is -2.11. The van der Waals surface area contributed by atoms with Gasteiger partial charge in [-0.25, -0.2) is 0 Å². The number of nitrogens with one attached hydrogen (secondary N) is 1. The summed E-state index contributed by atoms with van der Waals surface area (Å²) in [5.41, 5.74) is 2.16. The minimum absolute atomic E-state index is 0.154. The van der Waals surface area contributed by atoms with Crippen LogP contribution in [-0.4, -0.2) is 22.3 Å². The van der Waals surface area contributed by atoms with Crippen LogP contribution in [0.15, 0.2) is 57.9 Å². The van der Waals surface area contributed by atoms with Crippen LogP contribution in [0.1, 0.15) is 16.2 Å². The van der Waals surface area contributed by atoms with E-state index in [0.717, 1.165) is 16.1 Å². The number of nitrogens with zero attached hydrogens (tertiary/aromatic N) is 2. The van der Waals surface area contributed by atoms with Crippen molar-refractivity contribution < 1.29 is 9.32 Å². The minimum Gasteiger partial charge on any atom is -0.339 e. The third kappa shape index (κ3) is 3.60. The zero-order valence-electron chi connectivity index (χ0n) is 12.7. The highest BCUT2D eigenvalue weighted by Gasteiger charge is 2.09. The summed E-state index contributed by atoms with van der Waals surface area (Å²) in [7, 11) is 0. The lowest BCUT2D eigenvalue weighted by atomic mass is 10.1. The van der Waals surface area contributed by atoms with Gasteiger partial charge in [-0.05, 0) is 36.6 Å². The van der Waals surface area contributed by atoms with Crippen molar-refractivity contribution in [1.82, 2.24) is 10.1 Å². The Morgan fingerprint density at radius 2 is 1.96 bits per heavy atom. The molecular formula is C17H15N3O2S. The molecule has 0 unspecified atom stereocenters. The zero-order chi connectivity index (χ0) is 16.2. The largest absolute Gasteiger partial charge is 0.339 e. The monoisotopic (exact) mass is 325 g/mol. The van der Waals surface area contributed by atoms with E-state index in [1.807, 2.05) is 30.5 Å². The highest BCUT2D eigenvalue weighted by Crippen LogP contribution is 2.20. The number of rotatable bonds is 4. The van der Waals surface area contributed by atoms with Crippen LogP contribution in [0.3, 0.4) is 0 Å². The molecule has 0 aliphatic rings. The number of anilines is 1. The van der Waals surface area contributed by atoms with Gasteiger partial charge in [-0.3, -0.25) is 4.79 Å². The van der Waals surface area contributed by atoms with Crippen LogP contribution in [0, 0.1) is 6.92 Å². The maximum Gasteiger partial charge on any atom is 0.255 e. The number of hydrogen-bond donors (Lipinski definition) is 1. The number of thioether (sulfide) groups is 1. The Morgan fingerprint density at radius 1 is 1.17 bits per heavy atom. The number of benzene rings is 2. The average molecular weight is 325 g/mol. The maximum absolute atomic E-state index is 12.3. The highest BCUT2D eigenvalue weighted by molar-refractivity contribution is 7.98. The Labute approximate surface area is 138 Å². The first kappa shape index (κ1) is 15.3. The highest BCUT2D eigenvalue weighted by atomic mass is 32.2. The van der Waals surface area contributed by atoms with E-state index < -0.39 is 0 Å². The first-order valence-electron chi connectivity index (χ1n) is 7.02. The molecule has 1 amide bonds. The molecule has 0 saturated carbocycles. The van der Waals surface area contributed by atoms with Crippen LogP contribution in [0.2, 0.25) is 0 Å². The van der Waals surface area contributed by atoms with Crippen LogP contribution in [0.25, 0.3) is 11.4 Å². The second-order valence-corrected chi connectivity index (χ2v) is 5.78. The van der Waals surface area contributed by atoms with E-state index in [0.29, 0.717) is 17.3 Å². The quantitative estimate of drug-likeness (QED) is 0.734. The smallest absolute Gasteiger partial charge is 0.255 e. The molecule has 0 fully saturated rings. The van der Waals surface area contributed by atoms with Crippen LogP contribution in [-0.2, 0) is 0 Å². The fourth-order valence-corrected chi connectivity index (χ4v) is 2.55. The van der Waals surface area contributed by atoms with Crippen molar-refractivity contribution in [3.05, 3.63) is 60.0 Å². The lowest BCUT2D eigenvalue weighted by Gasteiger charge is -2.07. The molecule has 116 valence electrons. The molecule has 3 rings (SSSR count). The first-order valence-corrected chi connectivity index (χ1v) is 8.24. The van der Waals surface area contributed by atoms with Gasteiger partial charge in [0.05, 0.1) is 0 Å². The molecule has 0 aliphatic carbocycles. The molecule has 0 spiro atoms. The van der Waals surface area contributed by atoms with Crippen molar-refractivity contribution in [2.45, 2.75) is 11.8 Å². The Kier molecular flexibility index (Phi) is 4.43. The number of carbonyl (C=O) groups is 1. The molecule has 0 aliphatic heterocycles. The van der Waals surface area contributed by atoms with E-state index in [2.05, 4.69) is 15.5 Å². The molecule has 3 aromatic rings. The number of carbonyl (C=O) groups excluding carboxylic acids is 1. The molecule has 0 bridgehead atoms. The van der Waals surface area contributed by atoms with Gasteiger partial charge < -0.3 is 9.84 Å². The summed E-state index contributed by atoms with van der Waals surface area (Å²) in [5, 5.41) is 6.75. The summed E-state index contributed by atoms with van der Waals surface area (Å²) >= 11 is 1.63. The maximum atomic E-state index is 12.3. The van der Waals surface area contributed by atoms with E-state index in [-0.39, 0.29) is 5.91 Å². The van der Waals surface area contributed by atoms with E-state index in [9.17, 15) is 4.79 Å². The van der Waals surface area contributed by atoms with Crippen molar-refractivity contribution >= 4 is 23.4 Å². The van der Waals surface area contributed by atoms with Gasteiger partial charge >= 0.3 is 0 Å². The van der Waals surface area contributed by atoms with Gasteiger partial charge in [0.15, 0.2) is 0 Å². The van der Waals surface area contributed by atoms with E-state index in [1.165, 1.54) is 0 Å². The summed E-state index contributed by atoms with van der Waals surface area (Å²) in [6.07, 6.45) is 2.00. The van der Waals surface area contributed by atoms with Gasteiger partial charge in [0.1, 0.15) is 0 Å². The Morgan fingerprint density at radius 3 is 2.61 bits per heavy atom. The summed E-state index contributed by atoms with van der Waals surface area (Å²) in [6, 6.07) is 14.8. The predicted molar refractivity (Wildman–Crippen MR) is 90.6 cm³/mol. The molecule has 2 aromatic carbocycles. The van der Waals surface area contributed by atoms with Gasteiger partial charge in [-0.1, -0.05) is 23.4 Å². The predicted octanol–water partition coefficient (Wildman–Crippen LogP) is 4.02. The molecule has 23 heavy (non-hydrogen) atoms. The molecular weight excluding hydrogens is 310 g/mol. The molecule has 0 radical (unpaired) electrons.